The van der Waals surface area contributed by atoms with E-state index < -0.39 is 32.6 Å². The number of aromatic nitrogens is 2. The summed E-state index contributed by atoms with van der Waals surface area (Å²) in [5, 5.41) is 11.9. The van der Waals surface area contributed by atoms with Crippen molar-refractivity contribution in [1.82, 2.24) is 9.19 Å². The van der Waals surface area contributed by atoms with Gasteiger partial charge in [0, 0.05) is 5.56 Å². The first-order valence-corrected chi connectivity index (χ1v) is 7.56. The van der Waals surface area contributed by atoms with Crippen LogP contribution in [0.5, 0.6) is 0 Å². The zero-order chi connectivity index (χ0) is 15.8. The standard InChI is InChI=1S/C13H13FN2O4S/c1-8(2)21(19,20)16-7-10(6-15-16)9-3-4-11(13(17)18)12(14)5-9/h3-8H,1-2H3,(H,17,18). The smallest absolute Gasteiger partial charge is 0.338 e. The number of hydrogen-bond acceptors (Lipinski definition) is 4. The third-order valence-electron chi connectivity index (χ3n) is 2.95. The number of hydrogen-bond donors (Lipinski definition) is 1. The average Bonchev–Trinajstić information content (AvgIpc) is 2.88. The Labute approximate surface area is 120 Å². The molecule has 0 bridgehead atoms. The topological polar surface area (TPSA) is 89.3 Å². The molecule has 0 radical (unpaired) electrons. The molecule has 0 aliphatic carbocycles. The molecule has 0 amide bonds. The first kappa shape index (κ1) is 15.2. The van der Waals surface area contributed by atoms with Gasteiger partial charge in [0.2, 0.25) is 0 Å². The van der Waals surface area contributed by atoms with Gasteiger partial charge in [-0.1, -0.05) is 6.07 Å². The molecule has 112 valence electrons. The highest BCUT2D eigenvalue weighted by molar-refractivity contribution is 7.90. The summed E-state index contributed by atoms with van der Waals surface area (Å²) in [6, 6.07) is 3.56. The fourth-order valence-corrected chi connectivity index (χ4v) is 2.55. The van der Waals surface area contributed by atoms with Crippen molar-refractivity contribution in [2.24, 2.45) is 0 Å². The van der Waals surface area contributed by atoms with Gasteiger partial charge in [0.15, 0.2) is 0 Å². The van der Waals surface area contributed by atoms with E-state index in [0.717, 1.165) is 16.2 Å². The van der Waals surface area contributed by atoms with Crippen LogP contribution in [0.25, 0.3) is 11.1 Å². The van der Waals surface area contributed by atoms with Gasteiger partial charge in [-0.3, -0.25) is 0 Å². The SMILES string of the molecule is CC(C)S(=O)(=O)n1cc(-c2ccc(C(=O)O)c(F)c2)cn1. The molecule has 0 aliphatic heterocycles. The summed E-state index contributed by atoms with van der Waals surface area (Å²) in [4.78, 5) is 10.7. The highest BCUT2D eigenvalue weighted by Gasteiger charge is 2.20. The maximum Gasteiger partial charge on any atom is 0.338 e. The molecular formula is C13H13FN2O4S. The predicted octanol–water partition coefficient (Wildman–Crippen LogP) is 1.97. The molecule has 1 aromatic heterocycles. The van der Waals surface area contributed by atoms with E-state index in [4.69, 9.17) is 5.11 Å². The molecule has 1 heterocycles. The van der Waals surface area contributed by atoms with Crippen molar-refractivity contribution in [2.45, 2.75) is 19.1 Å². The summed E-state index contributed by atoms with van der Waals surface area (Å²) < 4.78 is 38.3. The van der Waals surface area contributed by atoms with E-state index in [1.165, 1.54) is 32.3 Å². The van der Waals surface area contributed by atoms with Crippen molar-refractivity contribution in [3.05, 3.63) is 42.0 Å². The number of rotatable bonds is 4. The van der Waals surface area contributed by atoms with Gasteiger partial charge in [0.1, 0.15) is 5.82 Å². The molecule has 2 aromatic rings. The van der Waals surface area contributed by atoms with E-state index in [0.29, 0.717) is 11.1 Å². The minimum atomic E-state index is -3.58. The van der Waals surface area contributed by atoms with Crippen molar-refractivity contribution in [1.29, 1.82) is 0 Å². The molecule has 8 heteroatoms. The van der Waals surface area contributed by atoms with Crippen LogP contribution in [0.3, 0.4) is 0 Å². The summed E-state index contributed by atoms with van der Waals surface area (Å²) in [5.74, 6) is -2.25. The summed E-state index contributed by atoms with van der Waals surface area (Å²) in [5.41, 5.74) is 0.290. The number of benzene rings is 1. The molecule has 0 saturated carbocycles. The van der Waals surface area contributed by atoms with Gasteiger partial charge >= 0.3 is 5.97 Å². The lowest BCUT2D eigenvalue weighted by molar-refractivity contribution is 0.0692. The van der Waals surface area contributed by atoms with Gasteiger partial charge in [-0.15, -0.1) is 0 Å². The van der Waals surface area contributed by atoms with Gasteiger partial charge < -0.3 is 5.11 Å². The first-order chi connectivity index (χ1) is 9.73. The van der Waals surface area contributed by atoms with E-state index in [-0.39, 0.29) is 0 Å². The summed E-state index contributed by atoms with van der Waals surface area (Å²) in [7, 11) is -3.58. The second kappa shape index (κ2) is 5.28. The van der Waals surface area contributed by atoms with Crippen molar-refractivity contribution in [3.8, 4) is 11.1 Å². The molecule has 0 atom stereocenters. The monoisotopic (exact) mass is 312 g/mol. The zero-order valence-corrected chi connectivity index (χ0v) is 12.1. The second-order valence-electron chi connectivity index (χ2n) is 4.70. The Morgan fingerprint density at radius 1 is 1.33 bits per heavy atom. The van der Waals surface area contributed by atoms with E-state index in [1.807, 2.05) is 0 Å². The van der Waals surface area contributed by atoms with Crippen molar-refractivity contribution >= 4 is 16.0 Å². The molecule has 1 aromatic carbocycles. The molecule has 0 saturated heterocycles. The van der Waals surface area contributed by atoms with E-state index >= 15 is 0 Å². The van der Waals surface area contributed by atoms with Crippen LogP contribution in [0.15, 0.2) is 30.6 Å². The van der Waals surface area contributed by atoms with Gasteiger partial charge in [0.25, 0.3) is 10.0 Å². The van der Waals surface area contributed by atoms with Crippen LogP contribution in [-0.4, -0.2) is 33.9 Å². The Kier molecular flexibility index (Phi) is 3.82. The lowest BCUT2D eigenvalue weighted by Crippen LogP contribution is -2.22. The van der Waals surface area contributed by atoms with Crippen molar-refractivity contribution in [3.63, 3.8) is 0 Å². The van der Waals surface area contributed by atoms with Crippen LogP contribution < -0.4 is 0 Å². The van der Waals surface area contributed by atoms with Crippen molar-refractivity contribution < 1.29 is 22.7 Å². The number of carbonyl (C=O) groups is 1. The first-order valence-electron chi connectivity index (χ1n) is 6.05. The predicted molar refractivity (Wildman–Crippen MR) is 74.0 cm³/mol. The van der Waals surface area contributed by atoms with Crippen LogP contribution in [0.2, 0.25) is 0 Å². The van der Waals surface area contributed by atoms with E-state index in [1.54, 1.807) is 0 Å². The average molecular weight is 312 g/mol. The Morgan fingerprint density at radius 3 is 2.52 bits per heavy atom. The quantitative estimate of drug-likeness (QED) is 0.932. The van der Waals surface area contributed by atoms with Crippen LogP contribution in [0.4, 0.5) is 4.39 Å². The number of aromatic carboxylic acids is 1. The van der Waals surface area contributed by atoms with Gasteiger partial charge in [-0.2, -0.15) is 9.19 Å². The number of carboxylic acid groups (broad SMARTS) is 1. The van der Waals surface area contributed by atoms with E-state index in [2.05, 4.69) is 5.10 Å². The van der Waals surface area contributed by atoms with Gasteiger partial charge in [-0.05, 0) is 31.5 Å². The maximum absolute atomic E-state index is 13.6. The van der Waals surface area contributed by atoms with Crippen LogP contribution in [-0.2, 0) is 10.0 Å². The summed E-state index contributed by atoms with van der Waals surface area (Å²) >= 11 is 0. The molecular weight excluding hydrogens is 299 g/mol. The number of halogens is 1. The Bertz CT molecular complexity index is 796. The molecule has 0 fully saturated rings. The van der Waals surface area contributed by atoms with Gasteiger partial charge in [-0.25, -0.2) is 17.6 Å². The third kappa shape index (κ3) is 2.80. The molecule has 0 spiro atoms. The zero-order valence-electron chi connectivity index (χ0n) is 11.3. The molecule has 21 heavy (non-hydrogen) atoms. The Hall–Kier alpha value is -2.22. The number of nitrogens with zero attached hydrogens (tertiary/aromatic N) is 2. The molecule has 0 aliphatic rings. The normalized spacial score (nSPS) is 11.8. The van der Waals surface area contributed by atoms with Gasteiger partial charge in [0.05, 0.1) is 23.2 Å². The van der Waals surface area contributed by atoms with Crippen LogP contribution in [0.1, 0.15) is 24.2 Å². The van der Waals surface area contributed by atoms with Crippen molar-refractivity contribution in [2.75, 3.05) is 0 Å². The summed E-state index contributed by atoms with van der Waals surface area (Å²) in [6.07, 6.45) is 2.56. The Morgan fingerprint density at radius 2 is 2.00 bits per heavy atom. The highest BCUT2D eigenvalue weighted by atomic mass is 32.2. The lowest BCUT2D eigenvalue weighted by Gasteiger charge is -2.06. The molecule has 0 unspecified atom stereocenters. The minimum absolute atomic E-state index is 0.350. The Balaban J connectivity index is 2.44. The third-order valence-corrected chi connectivity index (χ3v) is 4.86. The van der Waals surface area contributed by atoms with E-state index in [9.17, 15) is 17.6 Å². The summed E-state index contributed by atoms with van der Waals surface area (Å²) in [6.45, 7) is 3.05. The lowest BCUT2D eigenvalue weighted by atomic mass is 10.1. The second-order valence-corrected chi connectivity index (χ2v) is 7.04. The fraction of sp³-hybridized carbons (Fsp3) is 0.231. The molecule has 1 N–H and O–H groups in total. The van der Waals surface area contributed by atoms with Crippen LogP contribution in [0, 0.1) is 5.82 Å². The molecule has 2 rings (SSSR count). The maximum atomic E-state index is 13.6. The fourth-order valence-electron chi connectivity index (χ4n) is 1.68. The largest absolute Gasteiger partial charge is 0.478 e. The van der Waals surface area contributed by atoms with Crippen LogP contribution >= 0.6 is 0 Å². The highest BCUT2D eigenvalue weighted by Crippen LogP contribution is 2.22. The number of carboxylic acids is 1. The molecule has 6 nitrogen and oxygen atoms in total. The minimum Gasteiger partial charge on any atom is -0.478 e.